The first-order valence-corrected chi connectivity index (χ1v) is 5.74. The van der Waals surface area contributed by atoms with Gasteiger partial charge in [0, 0.05) is 6.07 Å². The molecule has 0 N–H and O–H groups in total. The lowest BCUT2D eigenvalue weighted by Crippen LogP contribution is -2.18. The van der Waals surface area contributed by atoms with Gasteiger partial charge in [-0.05, 0) is 18.2 Å². The van der Waals surface area contributed by atoms with Gasteiger partial charge in [-0.25, -0.2) is 17.6 Å². The van der Waals surface area contributed by atoms with E-state index in [0.29, 0.717) is 12.1 Å². The van der Waals surface area contributed by atoms with Gasteiger partial charge < -0.3 is 5.21 Å². The van der Waals surface area contributed by atoms with Crippen LogP contribution in [-0.4, -0.2) is 16.2 Å². The number of hydrogen-bond donors (Lipinski definition) is 0. The third kappa shape index (κ3) is 1.81. The largest absolute Gasteiger partial charge is 0.618 e. The van der Waals surface area contributed by atoms with Crippen LogP contribution in [0.25, 0.3) is 0 Å². The number of hydrogen-bond acceptors (Lipinski definition) is 2. The van der Waals surface area contributed by atoms with Crippen molar-refractivity contribution < 1.29 is 27.1 Å². The summed E-state index contributed by atoms with van der Waals surface area (Å²) in [7, 11) is 0. The number of Topliss-reactive ketones (excluding diaryl/α,β-unsaturated/α-hetero) is 1. The number of ketones is 1. The van der Waals surface area contributed by atoms with Crippen LogP contribution in [0.15, 0.2) is 30.3 Å². The van der Waals surface area contributed by atoms with E-state index in [2.05, 4.69) is 0 Å². The maximum absolute atomic E-state index is 13.6. The van der Waals surface area contributed by atoms with Gasteiger partial charge in [0.05, 0.1) is 5.56 Å². The van der Waals surface area contributed by atoms with Gasteiger partial charge in [-0.2, -0.15) is 4.74 Å². The van der Waals surface area contributed by atoms with Crippen molar-refractivity contribution in [2.24, 2.45) is 0 Å². The molecule has 0 spiro atoms. The van der Waals surface area contributed by atoms with Crippen molar-refractivity contribution in [3.8, 4) is 0 Å². The zero-order chi connectivity index (χ0) is 15.3. The van der Waals surface area contributed by atoms with Gasteiger partial charge in [-0.15, -0.1) is 0 Å². The molecule has 0 aliphatic carbocycles. The normalized spacial score (nSPS) is 13.8. The summed E-state index contributed by atoms with van der Waals surface area (Å²) in [6.07, 6.45) is 0. The summed E-state index contributed by atoms with van der Waals surface area (Å²) in [5, 5.41) is 12.0. The fraction of sp³-hybridized carbons (Fsp3) is 0. The maximum atomic E-state index is 13.6. The molecule has 3 rings (SSSR count). The first-order chi connectivity index (χ1) is 9.91. The van der Waals surface area contributed by atoms with Crippen LogP contribution in [0.2, 0.25) is 0 Å². The van der Waals surface area contributed by atoms with Gasteiger partial charge >= 0.3 is 0 Å². The molecule has 0 saturated heterocycles. The minimum absolute atomic E-state index is 0.0763. The Bertz CT molecular complexity index is 807. The predicted molar refractivity (Wildman–Crippen MR) is 64.4 cm³/mol. The lowest BCUT2D eigenvalue weighted by molar-refractivity contribution is -0.355. The zero-order valence-corrected chi connectivity index (χ0v) is 10.2. The number of carbonyl (C=O) groups excluding carboxylic acids is 1. The maximum Gasteiger partial charge on any atom is 0.273 e. The molecule has 106 valence electrons. The first-order valence-electron chi connectivity index (χ1n) is 5.74. The van der Waals surface area contributed by atoms with Crippen LogP contribution in [0.3, 0.4) is 0 Å². The summed E-state index contributed by atoms with van der Waals surface area (Å²) in [4.78, 5) is 12.1. The molecule has 0 saturated carbocycles. The SMILES string of the molecule is O=C1C(c2cc(F)c(F)c(F)c2)=[N+]([O-])c2cccc(F)c21. The summed E-state index contributed by atoms with van der Waals surface area (Å²) in [5.41, 5.74) is -1.86. The number of halogens is 4. The molecule has 1 aliphatic heterocycles. The Morgan fingerprint density at radius 2 is 1.57 bits per heavy atom. The van der Waals surface area contributed by atoms with E-state index >= 15 is 0 Å². The minimum Gasteiger partial charge on any atom is -0.618 e. The lowest BCUT2D eigenvalue weighted by Gasteiger charge is -2.03. The molecule has 0 atom stereocenters. The second kappa shape index (κ2) is 4.41. The van der Waals surface area contributed by atoms with E-state index in [1.165, 1.54) is 12.1 Å². The van der Waals surface area contributed by atoms with Gasteiger partial charge in [0.1, 0.15) is 11.4 Å². The number of benzene rings is 2. The van der Waals surface area contributed by atoms with Crippen LogP contribution in [0.5, 0.6) is 0 Å². The molecule has 2 aromatic rings. The van der Waals surface area contributed by atoms with E-state index in [1.807, 2.05) is 0 Å². The van der Waals surface area contributed by atoms with Crippen LogP contribution in [-0.2, 0) is 0 Å². The minimum atomic E-state index is -1.72. The molecule has 0 amide bonds. The summed E-state index contributed by atoms with van der Waals surface area (Å²) in [5.74, 6) is -6.74. The smallest absolute Gasteiger partial charge is 0.273 e. The number of carbonyl (C=O) groups is 1. The van der Waals surface area contributed by atoms with Crippen molar-refractivity contribution in [2.75, 3.05) is 0 Å². The standard InChI is InChI=1S/C14H5F4NO2/c15-7-2-1-3-10-11(7)14(20)13(19(10)21)6-4-8(16)12(18)9(17)5-6/h1-5H. The average molecular weight is 295 g/mol. The highest BCUT2D eigenvalue weighted by Gasteiger charge is 2.39. The van der Waals surface area contributed by atoms with Crippen molar-refractivity contribution in [1.82, 2.24) is 0 Å². The van der Waals surface area contributed by atoms with E-state index < -0.39 is 45.9 Å². The Balaban J connectivity index is 2.24. The Kier molecular flexibility index (Phi) is 2.79. The molecule has 0 bridgehead atoms. The predicted octanol–water partition coefficient (Wildman–Crippen LogP) is 3.07. The van der Waals surface area contributed by atoms with Crippen LogP contribution in [0.1, 0.15) is 15.9 Å². The average Bonchev–Trinajstić information content (AvgIpc) is 2.69. The van der Waals surface area contributed by atoms with Gasteiger partial charge in [0.25, 0.3) is 11.5 Å². The van der Waals surface area contributed by atoms with Crippen LogP contribution in [0, 0.1) is 28.5 Å². The van der Waals surface area contributed by atoms with Gasteiger partial charge in [-0.3, -0.25) is 4.79 Å². The van der Waals surface area contributed by atoms with Crippen molar-refractivity contribution in [3.05, 3.63) is 69.9 Å². The van der Waals surface area contributed by atoms with Crippen molar-refractivity contribution in [2.45, 2.75) is 0 Å². The van der Waals surface area contributed by atoms with Gasteiger partial charge in [0.2, 0.25) is 5.69 Å². The number of rotatable bonds is 1. The molecular formula is C14H5F4NO2. The second-order valence-electron chi connectivity index (χ2n) is 4.36. The lowest BCUT2D eigenvalue weighted by atomic mass is 10.0. The van der Waals surface area contributed by atoms with E-state index in [9.17, 15) is 27.6 Å². The Hall–Kier alpha value is -2.70. The van der Waals surface area contributed by atoms with Crippen molar-refractivity contribution >= 4 is 17.2 Å². The van der Waals surface area contributed by atoms with E-state index in [-0.39, 0.29) is 10.4 Å². The van der Waals surface area contributed by atoms with Crippen LogP contribution in [0.4, 0.5) is 23.2 Å². The molecule has 7 heteroatoms. The highest BCUT2D eigenvalue weighted by molar-refractivity contribution is 6.52. The summed E-state index contributed by atoms with van der Waals surface area (Å²) >= 11 is 0. The molecule has 0 aromatic heterocycles. The zero-order valence-electron chi connectivity index (χ0n) is 10.2. The first kappa shape index (κ1) is 13.3. The molecule has 1 heterocycles. The molecule has 2 aromatic carbocycles. The summed E-state index contributed by atoms with van der Waals surface area (Å²) in [6.45, 7) is 0. The highest BCUT2D eigenvalue weighted by atomic mass is 19.2. The molecule has 0 fully saturated rings. The second-order valence-corrected chi connectivity index (χ2v) is 4.36. The monoisotopic (exact) mass is 295 g/mol. The Morgan fingerprint density at radius 1 is 0.952 bits per heavy atom. The van der Waals surface area contributed by atoms with E-state index in [1.54, 1.807) is 0 Å². The third-order valence-electron chi connectivity index (χ3n) is 3.11. The van der Waals surface area contributed by atoms with Crippen LogP contribution < -0.4 is 0 Å². The molecule has 0 radical (unpaired) electrons. The van der Waals surface area contributed by atoms with E-state index in [0.717, 1.165) is 6.07 Å². The van der Waals surface area contributed by atoms with Crippen LogP contribution >= 0.6 is 0 Å². The Labute approximate surface area is 115 Å². The fourth-order valence-electron chi connectivity index (χ4n) is 2.18. The highest BCUT2D eigenvalue weighted by Crippen LogP contribution is 2.30. The fourth-order valence-corrected chi connectivity index (χ4v) is 2.18. The summed E-state index contributed by atoms with van der Waals surface area (Å²) in [6, 6.07) is 4.44. The Morgan fingerprint density at radius 3 is 2.14 bits per heavy atom. The quantitative estimate of drug-likeness (QED) is 0.351. The van der Waals surface area contributed by atoms with Gasteiger partial charge in [0.15, 0.2) is 17.5 Å². The molecule has 3 nitrogen and oxygen atoms in total. The van der Waals surface area contributed by atoms with Gasteiger partial charge in [-0.1, -0.05) is 6.07 Å². The third-order valence-corrected chi connectivity index (χ3v) is 3.11. The topological polar surface area (TPSA) is 43.1 Å². The number of nitrogens with zero attached hydrogens (tertiary/aromatic N) is 1. The molecule has 21 heavy (non-hydrogen) atoms. The van der Waals surface area contributed by atoms with Crippen molar-refractivity contribution in [1.29, 1.82) is 0 Å². The summed E-state index contributed by atoms with van der Waals surface area (Å²) < 4.78 is 53.1. The molecular weight excluding hydrogens is 290 g/mol. The molecule has 0 unspecified atom stereocenters. The molecule has 1 aliphatic rings. The number of fused-ring (bicyclic) bond motifs is 1. The van der Waals surface area contributed by atoms with E-state index in [4.69, 9.17) is 0 Å². The van der Waals surface area contributed by atoms with Crippen molar-refractivity contribution in [3.63, 3.8) is 0 Å².